The molecule has 0 saturated carbocycles. The standard InChI is InChI=1S/C20H24ClN3O2/c1-13(17-6-5-7-19(12-17)23-15(3)25)22-20(26)24(4)14(2)16-8-10-18(21)11-9-16/h5-14H,1-4H3,(H,22,26)(H,23,25)/t13-,14+/m0/s1. The molecular weight excluding hydrogens is 350 g/mol. The second kappa shape index (κ2) is 8.72. The fraction of sp³-hybridized carbons (Fsp3) is 0.300. The lowest BCUT2D eigenvalue weighted by Crippen LogP contribution is -2.39. The third-order valence-corrected chi connectivity index (χ3v) is 4.55. The van der Waals surface area contributed by atoms with E-state index in [9.17, 15) is 9.59 Å². The van der Waals surface area contributed by atoms with Crippen LogP contribution in [0.2, 0.25) is 5.02 Å². The molecule has 6 heteroatoms. The number of nitrogens with one attached hydrogen (secondary N) is 2. The smallest absolute Gasteiger partial charge is 0.318 e. The lowest BCUT2D eigenvalue weighted by Gasteiger charge is -2.27. The summed E-state index contributed by atoms with van der Waals surface area (Å²) in [6.45, 7) is 5.33. The van der Waals surface area contributed by atoms with Crippen molar-refractivity contribution < 1.29 is 9.59 Å². The predicted octanol–water partition coefficient (Wildman–Crippen LogP) is 4.76. The number of carbonyl (C=O) groups is 2. The molecule has 0 fully saturated rings. The van der Waals surface area contributed by atoms with Gasteiger partial charge in [0, 0.05) is 24.7 Å². The van der Waals surface area contributed by atoms with Crippen molar-refractivity contribution in [1.82, 2.24) is 10.2 Å². The average Bonchev–Trinajstić information content (AvgIpc) is 2.60. The van der Waals surface area contributed by atoms with Crippen molar-refractivity contribution >= 4 is 29.2 Å². The van der Waals surface area contributed by atoms with Gasteiger partial charge in [0.05, 0.1) is 12.1 Å². The van der Waals surface area contributed by atoms with Gasteiger partial charge in [0.2, 0.25) is 5.91 Å². The number of amides is 3. The number of halogens is 1. The van der Waals surface area contributed by atoms with E-state index in [1.54, 1.807) is 11.9 Å². The number of nitrogens with zero attached hydrogens (tertiary/aromatic N) is 1. The molecule has 2 aromatic rings. The minimum absolute atomic E-state index is 0.0924. The molecule has 2 atom stereocenters. The SMILES string of the molecule is CC(=O)Nc1cccc([C@H](C)NC(=O)N(C)[C@H](C)c2ccc(Cl)cc2)c1. The first kappa shape index (κ1) is 19.8. The maximum Gasteiger partial charge on any atom is 0.318 e. The average molecular weight is 374 g/mol. The van der Waals surface area contributed by atoms with E-state index in [4.69, 9.17) is 11.6 Å². The molecule has 5 nitrogen and oxygen atoms in total. The Morgan fingerprint density at radius 1 is 1.04 bits per heavy atom. The van der Waals surface area contributed by atoms with Gasteiger partial charge in [-0.2, -0.15) is 0 Å². The minimum atomic E-state index is -0.198. The molecule has 0 heterocycles. The first-order valence-electron chi connectivity index (χ1n) is 8.44. The van der Waals surface area contributed by atoms with Crippen LogP contribution in [0, 0.1) is 0 Å². The normalized spacial score (nSPS) is 12.8. The van der Waals surface area contributed by atoms with Crippen molar-refractivity contribution in [2.45, 2.75) is 32.9 Å². The zero-order valence-electron chi connectivity index (χ0n) is 15.4. The van der Waals surface area contributed by atoms with Crippen LogP contribution >= 0.6 is 11.6 Å². The van der Waals surface area contributed by atoms with Crippen molar-refractivity contribution in [3.05, 3.63) is 64.7 Å². The highest BCUT2D eigenvalue weighted by atomic mass is 35.5. The highest BCUT2D eigenvalue weighted by Gasteiger charge is 2.19. The van der Waals surface area contributed by atoms with Gasteiger partial charge in [0.25, 0.3) is 0 Å². The summed E-state index contributed by atoms with van der Waals surface area (Å²) in [6, 6.07) is 14.4. The lowest BCUT2D eigenvalue weighted by atomic mass is 10.1. The van der Waals surface area contributed by atoms with Crippen LogP contribution in [-0.2, 0) is 4.79 Å². The van der Waals surface area contributed by atoms with E-state index in [1.807, 2.05) is 62.4 Å². The second-order valence-electron chi connectivity index (χ2n) is 6.32. The molecule has 138 valence electrons. The van der Waals surface area contributed by atoms with Crippen LogP contribution in [0.5, 0.6) is 0 Å². The molecule has 0 aliphatic heterocycles. The number of carbonyl (C=O) groups excluding carboxylic acids is 2. The van der Waals surface area contributed by atoms with Crippen molar-refractivity contribution in [3.8, 4) is 0 Å². The summed E-state index contributed by atoms with van der Waals surface area (Å²) >= 11 is 5.92. The van der Waals surface area contributed by atoms with Gasteiger partial charge in [-0.3, -0.25) is 4.79 Å². The van der Waals surface area contributed by atoms with Gasteiger partial charge in [0.1, 0.15) is 0 Å². The van der Waals surface area contributed by atoms with Gasteiger partial charge < -0.3 is 15.5 Å². The molecule has 0 aromatic heterocycles. The maximum atomic E-state index is 12.6. The summed E-state index contributed by atoms with van der Waals surface area (Å²) in [5.41, 5.74) is 2.63. The summed E-state index contributed by atoms with van der Waals surface area (Å²) in [5.74, 6) is -0.129. The van der Waals surface area contributed by atoms with Gasteiger partial charge in [-0.15, -0.1) is 0 Å². The zero-order valence-corrected chi connectivity index (χ0v) is 16.2. The number of anilines is 1. The summed E-state index contributed by atoms with van der Waals surface area (Å²) in [7, 11) is 1.76. The lowest BCUT2D eigenvalue weighted by molar-refractivity contribution is -0.114. The molecule has 0 aliphatic carbocycles. The molecule has 0 spiro atoms. The Bertz CT molecular complexity index is 777. The minimum Gasteiger partial charge on any atom is -0.331 e. The molecule has 0 bridgehead atoms. The quantitative estimate of drug-likeness (QED) is 0.793. The molecule has 0 unspecified atom stereocenters. The van der Waals surface area contributed by atoms with Crippen LogP contribution in [0.1, 0.15) is 44.0 Å². The van der Waals surface area contributed by atoms with Crippen molar-refractivity contribution in [1.29, 1.82) is 0 Å². The van der Waals surface area contributed by atoms with Crippen molar-refractivity contribution in [3.63, 3.8) is 0 Å². The van der Waals surface area contributed by atoms with Gasteiger partial charge >= 0.3 is 6.03 Å². The fourth-order valence-corrected chi connectivity index (χ4v) is 2.73. The third kappa shape index (κ3) is 5.23. The van der Waals surface area contributed by atoms with E-state index in [1.165, 1.54) is 6.92 Å². The van der Waals surface area contributed by atoms with Crippen molar-refractivity contribution in [2.75, 3.05) is 12.4 Å². The topological polar surface area (TPSA) is 61.4 Å². The molecule has 2 rings (SSSR count). The molecular formula is C20H24ClN3O2. The molecule has 0 aliphatic rings. The molecule has 0 radical (unpaired) electrons. The second-order valence-corrected chi connectivity index (χ2v) is 6.75. The summed E-state index contributed by atoms with van der Waals surface area (Å²) in [6.07, 6.45) is 0. The summed E-state index contributed by atoms with van der Waals surface area (Å²) in [5, 5.41) is 6.40. The Labute approximate surface area is 159 Å². The molecule has 2 aromatic carbocycles. The van der Waals surface area contributed by atoms with Gasteiger partial charge in [-0.05, 0) is 49.2 Å². The van der Waals surface area contributed by atoms with E-state index in [0.29, 0.717) is 10.7 Å². The van der Waals surface area contributed by atoms with E-state index < -0.39 is 0 Å². The monoisotopic (exact) mass is 373 g/mol. The van der Waals surface area contributed by atoms with Gasteiger partial charge in [0.15, 0.2) is 0 Å². The van der Waals surface area contributed by atoms with Crippen LogP contribution < -0.4 is 10.6 Å². The Morgan fingerprint density at radius 2 is 1.69 bits per heavy atom. The summed E-state index contributed by atoms with van der Waals surface area (Å²) in [4.78, 5) is 25.4. The van der Waals surface area contributed by atoms with Crippen LogP contribution in [0.25, 0.3) is 0 Å². The molecule has 3 amide bonds. The van der Waals surface area contributed by atoms with Crippen LogP contribution in [-0.4, -0.2) is 23.9 Å². The van der Waals surface area contributed by atoms with Crippen LogP contribution in [0.4, 0.5) is 10.5 Å². The van der Waals surface area contributed by atoms with Crippen molar-refractivity contribution in [2.24, 2.45) is 0 Å². The largest absolute Gasteiger partial charge is 0.331 e. The Morgan fingerprint density at radius 3 is 2.31 bits per heavy atom. The number of rotatable bonds is 5. The first-order chi connectivity index (χ1) is 12.3. The molecule has 2 N–H and O–H groups in total. The first-order valence-corrected chi connectivity index (χ1v) is 8.82. The van der Waals surface area contributed by atoms with E-state index in [2.05, 4.69) is 10.6 Å². The van der Waals surface area contributed by atoms with Crippen LogP contribution in [0.3, 0.4) is 0 Å². The van der Waals surface area contributed by atoms with E-state index in [0.717, 1.165) is 11.1 Å². The molecule has 0 saturated heterocycles. The Hall–Kier alpha value is -2.53. The van der Waals surface area contributed by atoms with Gasteiger partial charge in [-0.1, -0.05) is 35.9 Å². The maximum absolute atomic E-state index is 12.6. The predicted molar refractivity (Wildman–Crippen MR) is 105 cm³/mol. The van der Waals surface area contributed by atoms with E-state index >= 15 is 0 Å². The highest BCUT2D eigenvalue weighted by molar-refractivity contribution is 6.30. The number of hydrogen-bond acceptors (Lipinski definition) is 2. The van der Waals surface area contributed by atoms with Gasteiger partial charge in [-0.25, -0.2) is 4.79 Å². The number of hydrogen-bond donors (Lipinski definition) is 2. The number of urea groups is 1. The zero-order chi connectivity index (χ0) is 19.3. The van der Waals surface area contributed by atoms with Crippen LogP contribution in [0.15, 0.2) is 48.5 Å². The Kier molecular flexibility index (Phi) is 6.64. The summed E-state index contributed by atoms with van der Waals surface area (Å²) < 4.78 is 0. The fourth-order valence-electron chi connectivity index (χ4n) is 2.60. The molecule has 26 heavy (non-hydrogen) atoms. The van der Waals surface area contributed by atoms with E-state index in [-0.39, 0.29) is 24.0 Å². The Balaban J connectivity index is 2.03. The third-order valence-electron chi connectivity index (χ3n) is 4.30. The highest BCUT2D eigenvalue weighted by Crippen LogP contribution is 2.22. The number of benzene rings is 2.